The molecule has 8 heteroatoms. The second-order valence-electron chi connectivity index (χ2n) is 8.42. The van der Waals surface area contributed by atoms with Crippen LogP contribution in [-0.2, 0) is 16.0 Å². The summed E-state index contributed by atoms with van der Waals surface area (Å²) in [4.78, 5) is 26.6. The van der Waals surface area contributed by atoms with Gasteiger partial charge in [-0.2, -0.15) is 0 Å². The van der Waals surface area contributed by atoms with Gasteiger partial charge in [-0.05, 0) is 55.0 Å². The summed E-state index contributed by atoms with van der Waals surface area (Å²) in [6.07, 6.45) is 4.79. The number of guanidine groups is 1. The molecule has 0 unspecified atom stereocenters. The molecule has 2 amide bonds. The van der Waals surface area contributed by atoms with Gasteiger partial charge in [-0.1, -0.05) is 24.3 Å². The number of ether oxygens (including phenoxy) is 2. The standard InChI is InChI=1S/C26H34N4O4/c1-33-16-5-17-34-23-18-19(7-13-24(31)29-26(27)28)6-12-22(23)20-8-10-21(11-9-20)25(32)30-14-3-2-4-15-30/h6,8-12,18H,2-5,7,13-17H2,1H3,(H4,27,28,29,31). The molecule has 3 rings (SSSR count). The average molecular weight is 467 g/mol. The Balaban J connectivity index is 1.75. The number of aryl methyl sites for hydroxylation is 1. The maximum Gasteiger partial charge on any atom is 0.253 e. The van der Waals surface area contributed by atoms with Crippen molar-refractivity contribution in [3.63, 3.8) is 0 Å². The number of nitrogens with zero attached hydrogens (tertiary/aromatic N) is 1. The second-order valence-corrected chi connectivity index (χ2v) is 8.42. The Morgan fingerprint density at radius 2 is 1.79 bits per heavy atom. The number of hydrogen-bond donors (Lipinski definition) is 3. The van der Waals surface area contributed by atoms with Gasteiger partial charge in [-0.3, -0.25) is 20.3 Å². The maximum atomic E-state index is 12.8. The fourth-order valence-electron chi connectivity index (χ4n) is 4.01. The molecular formula is C26H34N4O4. The van der Waals surface area contributed by atoms with Crippen molar-refractivity contribution in [3.8, 4) is 16.9 Å². The number of carbonyl (C=O) groups excluding carboxylic acids is 2. The van der Waals surface area contributed by atoms with Crippen molar-refractivity contribution >= 4 is 17.8 Å². The lowest BCUT2D eigenvalue weighted by molar-refractivity contribution is -0.119. The molecule has 34 heavy (non-hydrogen) atoms. The highest BCUT2D eigenvalue weighted by molar-refractivity contribution is 5.95. The number of carbonyl (C=O) groups is 2. The minimum Gasteiger partial charge on any atom is -0.493 e. The highest BCUT2D eigenvalue weighted by atomic mass is 16.5. The summed E-state index contributed by atoms with van der Waals surface area (Å²) in [6.45, 7) is 2.76. The molecule has 1 saturated heterocycles. The van der Waals surface area contributed by atoms with E-state index in [9.17, 15) is 9.59 Å². The fraction of sp³-hybridized carbons (Fsp3) is 0.423. The first-order chi connectivity index (χ1) is 16.5. The summed E-state index contributed by atoms with van der Waals surface area (Å²) < 4.78 is 11.2. The second kappa shape index (κ2) is 12.7. The van der Waals surface area contributed by atoms with E-state index in [-0.39, 0.29) is 24.2 Å². The van der Waals surface area contributed by atoms with Crippen molar-refractivity contribution < 1.29 is 19.1 Å². The van der Waals surface area contributed by atoms with Gasteiger partial charge >= 0.3 is 0 Å². The molecule has 1 aliphatic rings. The molecule has 182 valence electrons. The molecule has 2 aromatic rings. The van der Waals surface area contributed by atoms with Crippen LogP contribution in [0.4, 0.5) is 0 Å². The minimum absolute atomic E-state index is 0.0847. The van der Waals surface area contributed by atoms with Crippen LogP contribution in [0.15, 0.2) is 42.5 Å². The van der Waals surface area contributed by atoms with Gasteiger partial charge in [0.1, 0.15) is 5.75 Å². The van der Waals surface area contributed by atoms with Crippen molar-refractivity contribution in [2.24, 2.45) is 5.73 Å². The summed E-state index contributed by atoms with van der Waals surface area (Å²) in [5, 5.41) is 9.46. The number of benzene rings is 2. The van der Waals surface area contributed by atoms with Gasteiger partial charge in [0.15, 0.2) is 5.96 Å². The summed E-state index contributed by atoms with van der Waals surface area (Å²) in [5.74, 6) is 0.148. The van der Waals surface area contributed by atoms with Crippen LogP contribution in [0.2, 0.25) is 0 Å². The number of rotatable bonds is 10. The van der Waals surface area contributed by atoms with Crippen molar-refractivity contribution in [1.29, 1.82) is 5.41 Å². The molecule has 0 aromatic heterocycles. The molecule has 8 nitrogen and oxygen atoms in total. The predicted octanol–water partition coefficient (Wildman–Crippen LogP) is 3.34. The monoisotopic (exact) mass is 466 g/mol. The first-order valence-corrected chi connectivity index (χ1v) is 11.8. The zero-order chi connectivity index (χ0) is 24.3. The quantitative estimate of drug-likeness (QED) is 0.282. The lowest BCUT2D eigenvalue weighted by Crippen LogP contribution is -2.35. The Labute approximate surface area is 200 Å². The Morgan fingerprint density at radius 3 is 2.47 bits per heavy atom. The third-order valence-electron chi connectivity index (χ3n) is 5.80. The SMILES string of the molecule is COCCCOc1cc(CCC(=O)NC(=N)N)ccc1-c1ccc(C(=O)N2CCCCC2)cc1. The normalized spacial score (nSPS) is 13.4. The third-order valence-corrected chi connectivity index (χ3v) is 5.80. The number of nitrogens with two attached hydrogens (primary N) is 1. The summed E-state index contributed by atoms with van der Waals surface area (Å²) in [7, 11) is 1.66. The zero-order valence-corrected chi connectivity index (χ0v) is 19.8. The molecule has 1 heterocycles. The smallest absolute Gasteiger partial charge is 0.253 e. The molecule has 1 fully saturated rings. The molecule has 0 aliphatic carbocycles. The molecule has 2 aromatic carbocycles. The van der Waals surface area contributed by atoms with Crippen LogP contribution >= 0.6 is 0 Å². The van der Waals surface area contributed by atoms with Crippen molar-refractivity contribution in [3.05, 3.63) is 53.6 Å². The Kier molecular flexibility index (Phi) is 9.46. The van der Waals surface area contributed by atoms with Crippen molar-refractivity contribution in [2.75, 3.05) is 33.4 Å². The highest BCUT2D eigenvalue weighted by Crippen LogP contribution is 2.32. The van der Waals surface area contributed by atoms with E-state index in [0.29, 0.717) is 25.2 Å². The molecule has 4 N–H and O–H groups in total. The largest absolute Gasteiger partial charge is 0.493 e. The summed E-state index contributed by atoms with van der Waals surface area (Å²) >= 11 is 0. The number of methoxy groups -OCH3 is 1. The van der Waals surface area contributed by atoms with E-state index in [4.69, 9.17) is 20.6 Å². The number of nitrogens with one attached hydrogen (secondary N) is 2. The van der Waals surface area contributed by atoms with Gasteiger partial charge in [-0.15, -0.1) is 0 Å². The first-order valence-electron chi connectivity index (χ1n) is 11.8. The van der Waals surface area contributed by atoms with Crippen LogP contribution in [0.1, 0.15) is 48.0 Å². The Morgan fingerprint density at radius 1 is 1.06 bits per heavy atom. The van der Waals surface area contributed by atoms with Crippen LogP contribution in [0.3, 0.4) is 0 Å². The molecular weight excluding hydrogens is 432 g/mol. The van der Waals surface area contributed by atoms with Crippen LogP contribution < -0.4 is 15.8 Å². The van der Waals surface area contributed by atoms with Gasteiger partial charge in [0.05, 0.1) is 6.61 Å². The van der Waals surface area contributed by atoms with Gasteiger partial charge in [0.25, 0.3) is 5.91 Å². The summed E-state index contributed by atoms with van der Waals surface area (Å²) in [6, 6.07) is 13.5. The third kappa shape index (κ3) is 7.31. The minimum atomic E-state index is -0.357. The first kappa shape index (κ1) is 25.2. The number of amides is 2. The van der Waals surface area contributed by atoms with E-state index in [1.54, 1.807) is 7.11 Å². The summed E-state index contributed by atoms with van der Waals surface area (Å²) in [5.41, 5.74) is 8.74. The molecule has 0 bridgehead atoms. The lowest BCUT2D eigenvalue weighted by Gasteiger charge is -2.26. The highest BCUT2D eigenvalue weighted by Gasteiger charge is 2.18. The van der Waals surface area contributed by atoms with Crippen molar-refractivity contribution in [2.45, 2.75) is 38.5 Å². The lowest BCUT2D eigenvalue weighted by atomic mass is 9.99. The molecule has 0 radical (unpaired) electrons. The van der Waals surface area contributed by atoms with E-state index in [1.165, 1.54) is 6.42 Å². The van der Waals surface area contributed by atoms with E-state index in [1.807, 2.05) is 47.4 Å². The molecule has 0 saturated carbocycles. The van der Waals surface area contributed by atoms with Crippen molar-refractivity contribution in [1.82, 2.24) is 10.2 Å². The van der Waals surface area contributed by atoms with Crippen LogP contribution in [0.25, 0.3) is 11.1 Å². The van der Waals surface area contributed by atoms with Gasteiger partial charge in [-0.25, -0.2) is 0 Å². The zero-order valence-electron chi connectivity index (χ0n) is 19.8. The van der Waals surface area contributed by atoms with E-state index >= 15 is 0 Å². The maximum absolute atomic E-state index is 12.8. The van der Waals surface area contributed by atoms with Crippen LogP contribution in [0, 0.1) is 5.41 Å². The Bertz CT molecular complexity index is 985. The Hall–Kier alpha value is -3.39. The number of piperidine rings is 1. The van der Waals surface area contributed by atoms with Gasteiger partial charge < -0.3 is 20.1 Å². The van der Waals surface area contributed by atoms with Crippen LogP contribution in [0.5, 0.6) is 5.75 Å². The topological polar surface area (TPSA) is 118 Å². The van der Waals surface area contributed by atoms with E-state index < -0.39 is 0 Å². The predicted molar refractivity (Wildman–Crippen MR) is 132 cm³/mol. The molecule has 0 spiro atoms. The molecule has 0 atom stereocenters. The molecule has 1 aliphatic heterocycles. The number of hydrogen-bond acceptors (Lipinski definition) is 5. The van der Waals surface area contributed by atoms with Crippen LogP contribution in [-0.4, -0.2) is 56.1 Å². The van der Waals surface area contributed by atoms with Gasteiger partial charge in [0.2, 0.25) is 5.91 Å². The average Bonchev–Trinajstić information content (AvgIpc) is 2.85. The number of likely N-dealkylation sites (tertiary alicyclic amines) is 1. The fourth-order valence-corrected chi connectivity index (χ4v) is 4.01. The van der Waals surface area contributed by atoms with E-state index in [2.05, 4.69) is 5.32 Å². The van der Waals surface area contributed by atoms with Gasteiger partial charge in [0, 0.05) is 50.8 Å². The van der Waals surface area contributed by atoms with E-state index in [0.717, 1.165) is 54.8 Å².